The van der Waals surface area contributed by atoms with E-state index in [9.17, 15) is 9.59 Å². The first-order chi connectivity index (χ1) is 12.5. The zero-order valence-electron chi connectivity index (χ0n) is 15.1. The summed E-state index contributed by atoms with van der Waals surface area (Å²) in [4.78, 5) is 26.6. The number of amides is 2. The van der Waals surface area contributed by atoms with E-state index in [-0.39, 0.29) is 30.7 Å². The summed E-state index contributed by atoms with van der Waals surface area (Å²) >= 11 is 0. The standard InChI is InChI=1S/C22H22N2O2/c1-16(2)23-21(25)13-14-22(26)24-15-19-9-4-3-7-17(19)11-12-18-8-5-6-10-20(18)24/h3-10,16H,13-15H2,1-2H3,(H,23,25). The van der Waals surface area contributed by atoms with E-state index in [0.29, 0.717) is 6.54 Å². The molecule has 0 bridgehead atoms. The summed E-state index contributed by atoms with van der Waals surface area (Å²) in [7, 11) is 0. The highest BCUT2D eigenvalue weighted by atomic mass is 16.2. The second kappa shape index (κ2) is 7.88. The molecule has 0 fully saturated rings. The van der Waals surface area contributed by atoms with Gasteiger partial charge < -0.3 is 10.2 Å². The van der Waals surface area contributed by atoms with Gasteiger partial charge in [-0.2, -0.15) is 0 Å². The van der Waals surface area contributed by atoms with Gasteiger partial charge in [-0.3, -0.25) is 9.59 Å². The maximum absolute atomic E-state index is 12.9. The third-order valence-electron chi connectivity index (χ3n) is 4.19. The van der Waals surface area contributed by atoms with Gasteiger partial charge in [-0.05, 0) is 37.6 Å². The fourth-order valence-corrected chi connectivity index (χ4v) is 2.96. The number of hydrogen-bond acceptors (Lipinski definition) is 2. The van der Waals surface area contributed by atoms with Crippen molar-refractivity contribution in [3.05, 3.63) is 65.2 Å². The van der Waals surface area contributed by atoms with Gasteiger partial charge in [-0.15, -0.1) is 0 Å². The zero-order valence-corrected chi connectivity index (χ0v) is 15.1. The summed E-state index contributed by atoms with van der Waals surface area (Å²) in [6, 6.07) is 15.6. The summed E-state index contributed by atoms with van der Waals surface area (Å²) in [5.41, 5.74) is 3.55. The highest BCUT2D eigenvalue weighted by molar-refractivity contribution is 5.96. The SMILES string of the molecule is CC(C)NC(=O)CCC(=O)N1Cc2ccccc2C#Cc2ccccc21. The van der Waals surface area contributed by atoms with Gasteiger partial charge >= 0.3 is 0 Å². The predicted octanol–water partition coefficient (Wildman–Crippen LogP) is 3.24. The Balaban J connectivity index is 1.88. The second-order valence-corrected chi connectivity index (χ2v) is 6.63. The Labute approximate surface area is 154 Å². The number of carbonyl (C=O) groups excluding carboxylic acids is 2. The zero-order chi connectivity index (χ0) is 18.5. The van der Waals surface area contributed by atoms with Gasteiger partial charge in [0.15, 0.2) is 0 Å². The minimum Gasteiger partial charge on any atom is -0.354 e. The van der Waals surface area contributed by atoms with Crippen LogP contribution < -0.4 is 10.2 Å². The lowest BCUT2D eigenvalue weighted by Crippen LogP contribution is -2.34. The van der Waals surface area contributed by atoms with Gasteiger partial charge in [0.1, 0.15) is 0 Å². The van der Waals surface area contributed by atoms with Crippen LogP contribution in [0.5, 0.6) is 0 Å². The first kappa shape index (κ1) is 17.8. The Morgan fingerprint density at radius 2 is 1.65 bits per heavy atom. The highest BCUT2D eigenvalue weighted by Crippen LogP contribution is 2.26. The molecule has 1 heterocycles. The molecule has 0 saturated heterocycles. The molecule has 0 unspecified atom stereocenters. The molecule has 2 aromatic carbocycles. The molecule has 1 aliphatic heterocycles. The molecule has 0 saturated carbocycles. The molecule has 132 valence electrons. The lowest BCUT2D eigenvalue weighted by atomic mass is 10.0. The van der Waals surface area contributed by atoms with Gasteiger partial charge in [-0.25, -0.2) is 0 Å². The van der Waals surface area contributed by atoms with E-state index in [0.717, 1.165) is 22.4 Å². The summed E-state index contributed by atoms with van der Waals surface area (Å²) in [5, 5.41) is 2.83. The monoisotopic (exact) mass is 346 g/mol. The van der Waals surface area contributed by atoms with E-state index >= 15 is 0 Å². The van der Waals surface area contributed by atoms with Crippen molar-refractivity contribution in [2.75, 3.05) is 4.90 Å². The number of anilines is 1. The van der Waals surface area contributed by atoms with Crippen molar-refractivity contribution in [3.63, 3.8) is 0 Å². The molecule has 26 heavy (non-hydrogen) atoms. The van der Waals surface area contributed by atoms with E-state index < -0.39 is 0 Å². The molecule has 0 radical (unpaired) electrons. The fraction of sp³-hybridized carbons (Fsp3) is 0.273. The van der Waals surface area contributed by atoms with E-state index in [4.69, 9.17) is 0 Å². The molecule has 0 atom stereocenters. The Bertz CT molecular complexity index is 890. The number of rotatable bonds is 4. The van der Waals surface area contributed by atoms with Crippen LogP contribution in [0.1, 0.15) is 43.4 Å². The van der Waals surface area contributed by atoms with Crippen molar-refractivity contribution in [1.82, 2.24) is 5.32 Å². The molecule has 2 aromatic rings. The van der Waals surface area contributed by atoms with Gasteiger partial charge in [0.25, 0.3) is 0 Å². The number of para-hydroxylation sites is 1. The fourth-order valence-electron chi connectivity index (χ4n) is 2.96. The topological polar surface area (TPSA) is 49.4 Å². The molecule has 3 rings (SSSR count). The largest absolute Gasteiger partial charge is 0.354 e. The normalized spacial score (nSPS) is 12.2. The van der Waals surface area contributed by atoms with Gasteiger partial charge in [-0.1, -0.05) is 42.2 Å². The van der Waals surface area contributed by atoms with Crippen LogP contribution in [0, 0.1) is 11.8 Å². The average molecular weight is 346 g/mol. The second-order valence-electron chi connectivity index (χ2n) is 6.63. The van der Waals surface area contributed by atoms with Gasteiger partial charge in [0, 0.05) is 30.0 Å². The molecule has 1 N–H and O–H groups in total. The smallest absolute Gasteiger partial charge is 0.227 e. The number of benzene rings is 2. The predicted molar refractivity (Wildman–Crippen MR) is 103 cm³/mol. The van der Waals surface area contributed by atoms with Crippen LogP contribution in [0.3, 0.4) is 0 Å². The third-order valence-corrected chi connectivity index (χ3v) is 4.19. The first-order valence-corrected chi connectivity index (χ1v) is 8.83. The summed E-state index contributed by atoms with van der Waals surface area (Å²) in [5.74, 6) is 6.20. The average Bonchev–Trinajstić information content (AvgIpc) is 2.61. The third kappa shape index (κ3) is 4.12. The highest BCUT2D eigenvalue weighted by Gasteiger charge is 2.21. The Kier molecular flexibility index (Phi) is 5.38. The maximum atomic E-state index is 12.9. The van der Waals surface area contributed by atoms with Crippen molar-refractivity contribution in [3.8, 4) is 11.8 Å². The van der Waals surface area contributed by atoms with Crippen molar-refractivity contribution >= 4 is 17.5 Å². The molecule has 2 amide bonds. The summed E-state index contributed by atoms with van der Waals surface area (Å²) in [6.45, 7) is 4.26. The van der Waals surface area contributed by atoms with Crippen molar-refractivity contribution in [1.29, 1.82) is 0 Å². The van der Waals surface area contributed by atoms with Crippen LogP contribution in [0.4, 0.5) is 5.69 Å². The number of fused-ring (bicyclic) bond motifs is 2. The molecular formula is C22H22N2O2. The molecular weight excluding hydrogens is 324 g/mol. The Morgan fingerprint density at radius 1 is 1.00 bits per heavy atom. The minimum atomic E-state index is -0.103. The van der Waals surface area contributed by atoms with Crippen molar-refractivity contribution < 1.29 is 9.59 Å². The number of hydrogen-bond donors (Lipinski definition) is 1. The lowest BCUT2D eigenvalue weighted by molar-refractivity contribution is -0.125. The van der Waals surface area contributed by atoms with Crippen LogP contribution >= 0.6 is 0 Å². The van der Waals surface area contributed by atoms with Crippen LogP contribution in [-0.4, -0.2) is 17.9 Å². The number of carbonyl (C=O) groups is 2. The van der Waals surface area contributed by atoms with Crippen molar-refractivity contribution in [2.45, 2.75) is 39.3 Å². The lowest BCUT2D eigenvalue weighted by Gasteiger charge is -2.26. The van der Waals surface area contributed by atoms with Crippen LogP contribution in [-0.2, 0) is 16.1 Å². The number of nitrogens with one attached hydrogen (secondary N) is 1. The molecule has 4 nitrogen and oxygen atoms in total. The van der Waals surface area contributed by atoms with Crippen LogP contribution in [0.2, 0.25) is 0 Å². The molecule has 1 aliphatic rings. The van der Waals surface area contributed by atoms with E-state index in [2.05, 4.69) is 17.2 Å². The Morgan fingerprint density at radius 3 is 2.42 bits per heavy atom. The molecule has 4 heteroatoms. The van der Waals surface area contributed by atoms with Gasteiger partial charge in [0.2, 0.25) is 11.8 Å². The summed E-state index contributed by atoms with van der Waals surface area (Å²) < 4.78 is 0. The molecule has 0 aromatic heterocycles. The van der Waals surface area contributed by atoms with Crippen molar-refractivity contribution in [2.24, 2.45) is 0 Å². The number of nitrogens with zero attached hydrogens (tertiary/aromatic N) is 1. The molecule has 0 aliphatic carbocycles. The van der Waals surface area contributed by atoms with E-state index in [1.54, 1.807) is 4.90 Å². The first-order valence-electron chi connectivity index (χ1n) is 8.83. The van der Waals surface area contributed by atoms with E-state index in [1.807, 2.05) is 62.4 Å². The summed E-state index contributed by atoms with van der Waals surface area (Å²) in [6.07, 6.45) is 0.353. The van der Waals surface area contributed by atoms with Crippen LogP contribution in [0.25, 0.3) is 0 Å². The van der Waals surface area contributed by atoms with E-state index in [1.165, 1.54) is 0 Å². The Hall–Kier alpha value is -3.06. The molecule has 0 spiro atoms. The van der Waals surface area contributed by atoms with Crippen LogP contribution in [0.15, 0.2) is 48.5 Å². The maximum Gasteiger partial charge on any atom is 0.227 e. The van der Waals surface area contributed by atoms with Gasteiger partial charge in [0.05, 0.1) is 12.2 Å². The minimum absolute atomic E-state index is 0.0715. The quantitative estimate of drug-likeness (QED) is 0.864.